The molecule has 0 radical (unpaired) electrons. The van der Waals surface area contributed by atoms with Crippen LogP contribution in [0.15, 0.2) is 16.6 Å². The number of hydrogen-bond donors (Lipinski definition) is 1. The van der Waals surface area contributed by atoms with Crippen LogP contribution in [0.2, 0.25) is 0 Å². The van der Waals surface area contributed by atoms with Crippen LogP contribution in [0, 0.1) is 0 Å². The molecule has 0 aromatic heterocycles. The van der Waals surface area contributed by atoms with E-state index in [4.69, 9.17) is 9.47 Å². The summed E-state index contributed by atoms with van der Waals surface area (Å²) in [5, 5.41) is 3.48. The third kappa shape index (κ3) is 2.18. The largest absolute Gasteiger partial charge is 0.493 e. The molecule has 1 aromatic rings. The molecule has 88 valence electrons. The summed E-state index contributed by atoms with van der Waals surface area (Å²) >= 11 is 3.59. The molecule has 16 heavy (non-hydrogen) atoms. The number of methoxy groups -OCH3 is 2. The molecule has 0 saturated carbocycles. The highest BCUT2D eigenvalue weighted by Crippen LogP contribution is 2.38. The quantitative estimate of drug-likeness (QED) is 0.926. The van der Waals surface area contributed by atoms with Crippen molar-refractivity contribution in [1.29, 1.82) is 0 Å². The molecule has 4 heteroatoms. The molecule has 1 N–H and O–H groups in total. The lowest BCUT2D eigenvalue weighted by molar-refractivity contribution is 0.353. The first-order valence-electron chi connectivity index (χ1n) is 5.41. The second-order valence-corrected chi connectivity index (χ2v) is 4.73. The van der Waals surface area contributed by atoms with E-state index in [0.717, 1.165) is 22.5 Å². The Hall–Kier alpha value is -0.740. The van der Waals surface area contributed by atoms with Crippen LogP contribution in [0.5, 0.6) is 11.5 Å². The van der Waals surface area contributed by atoms with E-state index in [1.54, 1.807) is 14.2 Å². The molecular weight excluding hydrogens is 270 g/mol. The first-order valence-corrected chi connectivity index (χ1v) is 6.20. The normalized spacial score (nSPS) is 19.8. The van der Waals surface area contributed by atoms with Crippen molar-refractivity contribution >= 4 is 15.9 Å². The van der Waals surface area contributed by atoms with Crippen LogP contribution in [-0.4, -0.2) is 20.8 Å². The van der Waals surface area contributed by atoms with Crippen LogP contribution in [0.3, 0.4) is 0 Å². The Balaban J connectivity index is 2.37. The molecule has 1 unspecified atom stereocenters. The molecule has 0 aliphatic carbocycles. The van der Waals surface area contributed by atoms with Crippen molar-refractivity contribution in [3.8, 4) is 11.5 Å². The highest BCUT2D eigenvalue weighted by Gasteiger charge is 2.20. The Bertz CT molecular complexity index is 376. The minimum atomic E-state index is 0.425. The number of halogens is 1. The maximum absolute atomic E-state index is 5.32. The van der Waals surface area contributed by atoms with Crippen molar-refractivity contribution in [2.75, 3.05) is 20.8 Å². The smallest absolute Gasteiger partial charge is 0.161 e. The van der Waals surface area contributed by atoms with Gasteiger partial charge in [-0.05, 0) is 37.1 Å². The maximum atomic E-state index is 5.32. The summed E-state index contributed by atoms with van der Waals surface area (Å²) in [6.45, 7) is 1.09. The van der Waals surface area contributed by atoms with E-state index in [-0.39, 0.29) is 0 Å². The molecular formula is C12H16BrNO2. The molecule has 2 rings (SSSR count). The van der Waals surface area contributed by atoms with Gasteiger partial charge in [0.15, 0.2) is 11.5 Å². The van der Waals surface area contributed by atoms with Gasteiger partial charge in [0.2, 0.25) is 0 Å². The van der Waals surface area contributed by atoms with Gasteiger partial charge in [-0.25, -0.2) is 0 Å². The Morgan fingerprint density at radius 1 is 1.25 bits per heavy atom. The van der Waals surface area contributed by atoms with Crippen LogP contribution in [-0.2, 0) is 0 Å². The van der Waals surface area contributed by atoms with Crippen LogP contribution in [0.4, 0.5) is 0 Å². The van der Waals surface area contributed by atoms with Gasteiger partial charge in [-0.15, -0.1) is 0 Å². The fourth-order valence-corrected chi connectivity index (χ4v) is 2.69. The topological polar surface area (TPSA) is 30.5 Å². The Morgan fingerprint density at radius 3 is 2.50 bits per heavy atom. The molecule has 1 atom stereocenters. The monoisotopic (exact) mass is 285 g/mol. The highest BCUT2D eigenvalue weighted by atomic mass is 79.9. The van der Waals surface area contributed by atoms with Gasteiger partial charge in [0.25, 0.3) is 0 Å². The average Bonchev–Trinajstić information content (AvgIpc) is 2.82. The lowest BCUT2D eigenvalue weighted by atomic mass is 10.0. The Morgan fingerprint density at radius 2 is 1.94 bits per heavy atom. The van der Waals surface area contributed by atoms with E-state index in [1.807, 2.05) is 12.1 Å². The van der Waals surface area contributed by atoms with E-state index in [9.17, 15) is 0 Å². The zero-order chi connectivity index (χ0) is 11.5. The Kier molecular flexibility index (Phi) is 3.71. The number of nitrogens with one attached hydrogen (secondary N) is 1. The summed E-state index contributed by atoms with van der Waals surface area (Å²) in [7, 11) is 3.31. The Labute approximate surface area is 104 Å². The fraction of sp³-hybridized carbons (Fsp3) is 0.500. The molecule has 1 aromatic carbocycles. The maximum Gasteiger partial charge on any atom is 0.161 e. The second kappa shape index (κ2) is 5.06. The van der Waals surface area contributed by atoms with Crippen LogP contribution < -0.4 is 14.8 Å². The van der Waals surface area contributed by atoms with E-state index in [0.29, 0.717) is 6.04 Å². The van der Waals surface area contributed by atoms with E-state index in [1.165, 1.54) is 18.4 Å². The van der Waals surface area contributed by atoms with Crippen molar-refractivity contribution in [2.45, 2.75) is 18.9 Å². The lowest BCUT2D eigenvalue weighted by Crippen LogP contribution is -2.13. The first-order chi connectivity index (χ1) is 7.76. The van der Waals surface area contributed by atoms with Gasteiger partial charge in [-0.1, -0.05) is 15.9 Å². The summed E-state index contributed by atoms with van der Waals surface area (Å²) in [5.41, 5.74) is 1.25. The van der Waals surface area contributed by atoms with Crippen molar-refractivity contribution < 1.29 is 9.47 Å². The third-order valence-corrected chi connectivity index (χ3v) is 3.63. The molecule has 0 spiro atoms. The molecule has 1 aliphatic heterocycles. The zero-order valence-electron chi connectivity index (χ0n) is 9.55. The molecule has 1 heterocycles. The minimum absolute atomic E-state index is 0.425. The summed E-state index contributed by atoms with van der Waals surface area (Å²) in [6.07, 6.45) is 2.40. The first kappa shape index (κ1) is 11.7. The van der Waals surface area contributed by atoms with Crippen LogP contribution in [0.1, 0.15) is 24.4 Å². The number of hydrogen-bond acceptors (Lipinski definition) is 3. The highest BCUT2D eigenvalue weighted by molar-refractivity contribution is 9.10. The van der Waals surface area contributed by atoms with Crippen molar-refractivity contribution in [3.63, 3.8) is 0 Å². The van der Waals surface area contributed by atoms with Gasteiger partial charge >= 0.3 is 0 Å². The summed E-state index contributed by atoms with van der Waals surface area (Å²) in [4.78, 5) is 0. The van der Waals surface area contributed by atoms with Crippen LogP contribution >= 0.6 is 15.9 Å². The van der Waals surface area contributed by atoms with Gasteiger partial charge in [-0.2, -0.15) is 0 Å². The number of ether oxygens (including phenoxy) is 2. The van der Waals surface area contributed by atoms with Gasteiger partial charge in [0.05, 0.1) is 14.2 Å². The number of rotatable bonds is 3. The predicted octanol–water partition coefficient (Wildman–Crippen LogP) is 2.89. The lowest BCUT2D eigenvalue weighted by Gasteiger charge is -2.16. The summed E-state index contributed by atoms with van der Waals surface area (Å²) in [6, 6.07) is 4.44. The molecule has 1 saturated heterocycles. The van der Waals surface area contributed by atoms with Gasteiger partial charge in [-0.3, -0.25) is 0 Å². The summed E-state index contributed by atoms with van der Waals surface area (Å²) < 4.78 is 11.7. The molecule has 3 nitrogen and oxygen atoms in total. The minimum Gasteiger partial charge on any atom is -0.493 e. The van der Waals surface area contributed by atoms with Gasteiger partial charge in [0, 0.05) is 10.5 Å². The summed E-state index contributed by atoms with van der Waals surface area (Å²) in [5.74, 6) is 1.55. The second-order valence-electron chi connectivity index (χ2n) is 3.88. The molecule has 0 bridgehead atoms. The standard InChI is InChI=1S/C12H16BrNO2/c1-15-11-6-8(10-4-3-5-14-10)9(13)7-12(11)16-2/h6-7,10,14H,3-5H2,1-2H3. The van der Waals surface area contributed by atoms with E-state index in [2.05, 4.69) is 21.2 Å². The third-order valence-electron chi connectivity index (χ3n) is 2.94. The molecule has 0 amide bonds. The van der Waals surface area contributed by atoms with Crippen molar-refractivity contribution in [2.24, 2.45) is 0 Å². The van der Waals surface area contributed by atoms with Gasteiger partial charge in [0.1, 0.15) is 0 Å². The fourth-order valence-electron chi connectivity index (χ4n) is 2.09. The predicted molar refractivity (Wildman–Crippen MR) is 67.2 cm³/mol. The average molecular weight is 286 g/mol. The van der Waals surface area contributed by atoms with Crippen molar-refractivity contribution in [1.82, 2.24) is 5.32 Å². The molecule has 1 fully saturated rings. The zero-order valence-corrected chi connectivity index (χ0v) is 11.1. The molecule has 1 aliphatic rings. The number of benzene rings is 1. The van der Waals surface area contributed by atoms with Crippen molar-refractivity contribution in [3.05, 3.63) is 22.2 Å². The van der Waals surface area contributed by atoms with E-state index >= 15 is 0 Å². The van der Waals surface area contributed by atoms with Gasteiger partial charge < -0.3 is 14.8 Å². The van der Waals surface area contributed by atoms with E-state index < -0.39 is 0 Å². The SMILES string of the molecule is COc1cc(Br)c(C2CCCN2)cc1OC. The van der Waals surface area contributed by atoms with Crippen LogP contribution in [0.25, 0.3) is 0 Å².